The molecule has 0 aliphatic carbocycles. The summed E-state index contributed by atoms with van der Waals surface area (Å²) in [5.74, 6) is -0.116. The largest absolute Gasteiger partial charge is 0.350 e. The van der Waals surface area contributed by atoms with Crippen LogP contribution in [-0.2, 0) is 22.6 Å². The lowest BCUT2D eigenvalue weighted by atomic mass is 9.91. The highest BCUT2D eigenvalue weighted by atomic mass is 79.9. The van der Waals surface area contributed by atoms with Gasteiger partial charge in [0.25, 0.3) is 0 Å². The molecule has 0 unspecified atom stereocenters. The predicted molar refractivity (Wildman–Crippen MR) is 101 cm³/mol. The summed E-state index contributed by atoms with van der Waals surface area (Å²) >= 11 is 3.41. The highest BCUT2D eigenvalue weighted by Gasteiger charge is 2.34. The van der Waals surface area contributed by atoms with Crippen LogP contribution in [0.2, 0.25) is 0 Å². The molecule has 1 heterocycles. The van der Waals surface area contributed by atoms with Gasteiger partial charge in [-0.3, -0.25) is 9.59 Å². The van der Waals surface area contributed by atoms with Crippen LogP contribution in [-0.4, -0.2) is 23.3 Å². The van der Waals surface area contributed by atoms with E-state index in [1.54, 1.807) is 4.90 Å². The van der Waals surface area contributed by atoms with Crippen LogP contribution in [0, 0.1) is 0 Å². The van der Waals surface area contributed by atoms with Gasteiger partial charge in [-0.25, -0.2) is 0 Å². The Balaban J connectivity index is 1.81. The number of fused-ring (bicyclic) bond motifs is 1. The van der Waals surface area contributed by atoms with Crippen LogP contribution in [0.15, 0.2) is 53.0 Å². The van der Waals surface area contributed by atoms with Crippen molar-refractivity contribution in [1.82, 2.24) is 10.2 Å². The van der Waals surface area contributed by atoms with Gasteiger partial charge in [-0.05, 0) is 35.2 Å². The topological polar surface area (TPSA) is 49.4 Å². The molecule has 4 nitrogen and oxygen atoms in total. The minimum Gasteiger partial charge on any atom is -0.350 e. The number of carbonyl (C=O) groups is 2. The first-order chi connectivity index (χ1) is 12.1. The van der Waals surface area contributed by atoms with E-state index in [0.717, 1.165) is 27.6 Å². The molecule has 0 radical (unpaired) electrons. The molecule has 2 amide bonds. The lowest BCUT2D eigenvalue weighted by Gasteiger charge is -2.36. The Morgan fingerprint density at radius 1 is 1.16 bits per heavy atom. The summed E-state index contributed by atoms with van der Waals surface area (Å²) in [6, 6.07) is 15.2. The Hall–Kier alpha value is -2.14. The summed E-state index contributed by atoms with van der Waals surface area (Å²) in [5, 5.41) is 2.99. The number of amides is 2. The average molecular weight is 401 g/mol. The van der Waals surface area contributed by atoms with Crippen molar-refractivity contribution >= 4 is 27.7 Å². The second-order valence-electron chi connectivity index (χ2n) is 6.14. The Bertz CT molecular complexity index is 774. The van der Waals surface area contributed by atoms with E-state index in [2.05, 4.69) is 21.2 Å². The number of hydrogen-bond donors (Lipinski definition) is 1. The number of hydrogen-bond acceptors (Lipinski definition) is 2. The monoisotopic (exact) mass is 400 g/mol. The minimum atomic E-state index is -0.548. The van der Waals surface area contributed by atoms with Gasteiger partial charge in [0.1, 0.15) is 6.04 Å². The number of carbonyl (C=O) groups excluding carboxylic acids is 2. The maximum atomic E-state index is 12.9. The normalized spacial score (nSPS) is 16.2. The number of benzene rings is 2. The first-order valence-corrected chi connectivity index (χ1v) is 9.29. The molecule has 130 valence electrons. The Morgan fingerprint density at radius 3 is 2.60 bits per heavy atom. The summed E-state index contributed by atoms with van der Waals surface area (Å²) in [6.07, 6.45) is 1.19. The summed E-state index contributed by atoms with van der Waals surface area (Å²) in [5.41, 5.74) is 3.10. The fourth-order valence-corrected chi connectivity index (χ4v) is 3.47. The fraction of sp³-hybridized carbons (Fsp3) is 0.300. The lowest BCUT2D eigenvalue weighted by molar-refractivity contribution is -0.141. The van der Waals surface area contributed by atoms with Gasteiger partial charge in [0.2, 0.25) is 11.8 Å². The third-order valence-corrected chi connectivity index (χ3v) is 5.06. The van der Waals surface area contributed by atoms with Crippen LogP contribution < -0.4 is 5.32 Å². The maximum absolute atomic E-state index is 12.9. The number of nitrogens with one attached hydrogen (secondary N) is 1. The van der Waals surface area contributed by atoms with Crippen LogP contribution in [0.1, 0.15) is 36.1 Å². The first-order valence-electron chi connectivity index (χ1n) is 8.49. The molecule has 0 saturated heterocycles. The molecule has 0 aromatic heterocycles. The molecular formula is C20H21BrN2O2. The van der Waals surface area contributed by atoms with Crippen LogP contribution in [0.3, 0.4) is 0 Å². The summed E-state index contributed by atoms with van der Waals surface area (Å²) in [7, 11) is 0. The van der Waals surface area contributed by atoms with Crippen LogP contribution in [0.5, 0.6) is 0 Å². The van der Waals surface area contributed by atoms with E-state index in [-0.39, 0.29) is 11.8 Å². The van der Waals surface area contributed by atoms with Gasteiger partial charge in [-0.2, -0.15) is 0 Å². The molecule has 1 aliphatic heterocycles. The molecule has 3 rings (SSSR count). The van der Waals surface area contributed by atoms with Crippen molar-refractivity contribution in [2.75, 3.05) is 6.54 Å². The zero-order chi connectivity index (χ0) is 17.8. The SMILES string of the molecule is CCC(=O)N1CCc2ccccc2[C@H]1C(=O)NCc1ccc(Br)cc1. The van der Waals surface area contributed by atoms with Gasteiger partial charge in [-0.1, -0.05) is 59.3 Å². The maximum Gasteiger partial charge on any atom is 0.247 e. The molecule has 1 N–H and O–H groups in total. The van der Waals surface area contributed by atoms with Crippen LogP contribution in [0.4, 0.5) is 0 Å². The standard InChI is InChI=1S/C20H21BrN2O2/c1-2-18(24)23-12-11-15-5-3-4-6-17(15)19(23)20(25)22-13-14-7-9-16(21)10-8-14/h3-10,19H,2,11-13H2,1H3,(H,22,25)/t19-/m0/s1. The van der Waals surface area contributed by atoms with Gasteiger partial charge in [0, 0.05) is 24.0 Å². The second kappa shape index (κ2) is 7.83. The third kappa shape index (κ3) is 3.93. The van der Waals surface area contributed by atoms with Crippen molar-refractivity contribution in [2.24, 2.45) is 0 Å². The molecule has 25 heavy (non-hydrogen) atoms. The molecule has 0 saturated carbocycles. The summed E-state index contributed by atoms with van der Waals surface area (Å²) in [6.45, 7) is 2.86. The van der Waals surface area contributed by atoms with E-state index in [0.29, 0.717) is 19.5 Å². The molecule has 5 heteroatoms. The summed E-state index contributed by atoms with van der Waals surface area (Å²) in [4.78, 5) is 27.0. The molecule has 2 aromatic rings. The Morgan fingerprint density at radius 2 is 1.88 bits per heavy atom. The Kier molecular flexibility index (Phi) is 5.53. The van der Waals surface area contributed by atoms with E-state index in [4.69, 9.17) is 0 Å². The van der Waals surface area contributed by atoms with Crippen LogP contribution in [0.25, 0.3) is 0 Å². The second-order valence-corrected chi connectivity index (χ2v) is 7.05. The van der Waals surface area contributed by atoms with Crippen LogP contribution >= 0.6 is 15.9 Å². The minimum absolute atomic E-state index is 0.0123. The van der Waals surface area contributed by atoms with Crippen molar-refractivity contribution in [3.8, 4) is 0 Å². The molecule has 0 spiro atoms. The van der Waals surface area contributed by atoms with Gasteiger partial charge >= 0.3 is 0 Å². The van der Waals surface area contributed by atoms with Crippen molar-refractivity contribution in [2.45, 2.75) is 32.4 Å². The molecule has 2 aromatic carbocycles. The molecule has 1 atom stereocenters. The van der Waals surface area contributed by atoms with E-state index < -0.39 is 6.04 Å². The number of nitrogens with zero attached hydrogens (tertiary/aromatic N) is 1. The van der Waals surface area contributed by atoms with Crippen molar-refractivity contribution in [1.29, 1.82) is 0 Å². The molecule has 0 fully saturated rings. The zero-order valence-electron chi connectivity index (χ0n) is 14.2. The molecule has 0 bridgehead atoms. The van der Waals surface area contributed by atoms with E-state index >= 15 is 0 Å². The van der Waals surface area contributed by atoms with Crippen molar-refractivity contribution in [3.05, 3.63) is 69.7 Å². The molecular weight excluding hydrogens is 380 g/mol. The summed E-state index contributed by atoms with van der Waals surface area (Å²) < 4.78 is 1.00. The quantitative estimate of drug-likeness (QED) is 0.851. The van der Waals surface area contributed by atoms with Crippen molar-refractivity contribution in [3.63, 3.8) is 0 Å². The predicted octanol–water partition coefficient (Wildman–Crippen LogP) is 3.60. The highest BCUT2D eigenvalue weighted by Crippen LogP contribution is 2.30. The van der Waals surface area contributed by atoms with E-state index in [9.17, 15) is 9.59 Å². The van der Waals surface area contributed by atoms with Gasteiger partial charge in [0.15, 0.2) is 0 Å². The average Bonchev–Trinajstić information content (AvgIpc) is 2.65. The number of rotatable bonds is 4. The van der Waals surface area contributed by atoms with Gasteiger partial charge in [-0.15, -0.1) is 0 Å². The van der Waals surface area contributed by atoms with Gasteiger partial charge < -0.3 is 10.2 Å². The number of halogens is 1. The van der Waals surface area contributed by atoms with E-state index in [1.807, 2.05) is 55.5 Å². The van der Waals surface area contributed by atoms with Gasteiger partial charge in [0.05, 0.1) is 0 Å². The zero-order valence-corrected chi connectivity index (χ0v) is 15.8. The third-order valence-electron chi connectivity index (χ3n) is 4.53. The Labute approximate surface area is 156 Å². The van der Waals surface area contributed by atoms with Crippen molar-refractivity contribution < 1.29 is 9.59 Å². The smallest absolute Gasteiger partial charge is 0.247 e. The highest BCUT2D eigenvalue weighted by molar-refractivity contribution is 9.10. The lowest BCUT2D eigenvalue weighted by Crippen LogP contribution is -2.46. The fourth-order valence-electron chi connectivity index (χ4n) is 3.21. The van der Waals surface area contributed by atoms with E-state index in [1.165, 1.54) is 0 Å². The molecule has 1 aliphatic rings. The first kappa shape index (κ1) is 17.7.